The van der Waals surface area contributed by atoms with Crippen LogP contribution in [-0.2, 0) is 6.54 Å². The van der Waals surface area contributed by atoms with Crippen molar-refractivity contribution in [2.75, 3.05) is 0 Å². The number of rotatable bonds is 4. The third-order valence-electron chi connectivity index (χ3n) is 2.67. The number of nitrogens with zero attached hydrogens (tertiary/aromatic N) is 3. The fraction of sp³-hybridized carbons (Fsp3) is 0.167. The number of carboxylic acid groups (broad SMARTS) is 1. The minimum Gasteiger partial charge on any atom is -0.478 e. The van der Waals surface area contributed by atoms with Crippen LogP contribution in [0.4, 0.5) is 5.82 Å². The number of aromatic nitrogens is 2. The Morgan fingerprint density at radius 3 is 2.74 bits per heavy atom. The van der Waals surface area contributed by atoms with Crippen LogP contribution in [0.5, 0.6) is 0 Å². The molecular formula is C12H11N3O4. The van der Waals surface area contributed by atoms with Gasteiger partial charge in [-0.15, -0.1) is 0 Å². The summed E-state index contributed by atoms with van der Waals surface area (Å²) in [5.41, 5.74) is 1.16. The Labute approximate surface area is 108 Å². The van der Waals surface area contributed by atoms with Crippen LogP contribution < -0.4 is 0 Å². The third kappa shape index (κ3) is 2.59. The number of carboxylic acids is 1. The van der Waals surface area contributed by atoms with E-state index in [-0.39, 0.29) is 17.9 Å². The maximum Gasteiger partial charge on any atom is 0.392 e. The molecule has 0 saturated heterocycles. The molecule has 0 bridgehead atoms. The number of benzene rings is 1. The summed E-state index contributed by atoms with van der Waals surface area (Å²) in [6, 6.07) is 6.49. The van der Waals surface area contributed by atoms with Gasteiger partial charge in [0.2, 0.25) is 0 Å². The van der Waals surface area contributed by atoms with Crippen LogP contribution >= 0.6 is 0 Å². The number of hydrogen-bond donors (Lipinski definition) is 1. The molecule has 2 aromatic rings. The van der Waals surface area contributed by atoms with E-state index >= 15 is 0 Å². The lowest BCUT2D eigenvalue weighted by Gasteiger charge is -2.03. The third-order valence-corrected chi connectivity index (χ3v) is 2.67. The topological polar surface area (TPSA) is 98.3 Å². The zero-order chi connectivity index (χ0) is 14.0. The van der Waals surface area contributed by atoms with Gasteiger partial charge in [0.05, 0.1) is 29.0 Å². The predicted molar refractivity (Wildman–Crippen MR) is 66.1 cm³/mol. The monoisotopic (exact) mass is 261 g/mol. The smallest absolute Gasteiger partial charge is 0.392 e. The van der Waals surface area contributed by atoms with Gasteiger partial charge in [-0.2, -0.15) is 4.68 Å². The summed E-state index contributed by atoms with van der Waals surface area (Å²) in [7, 11) is 0. The summed E-state index contributed by atoms with van der Waals surface area (Å²) in [6.07, 6.45) is 1.52. The van der Waals surface area contributed by atoms with Crippen molar-refractivity contribution in [1.82, 2.24) is 9.78 Å². The van der Waals surface area contributed by atoms with Gasteiger partial charge in [-0.05, 0) is 23.5 Å². The van der Waals surface area contributed by atoms with Gasteiger partial charge in [-0.25, -0.2) is 4.79 Å². The fourth-order valence-corrected chi connectivity index (χ4v) is 1.81. The van der Waals surface area contributed by atoms with Crippen LogP contribution in [0.2, 0.25) is 0 Å². The van der Waals surface area contributed by atoms with Gasteiger partial charge < -0.3 is 15.2 Å². The minimum absolute atomic E-state index is 0.165. The van der Waals surface area contributed by atoms with Crippen LogP contribution in [0.3, 0.4) is 0 Å². The van der Waals surface area contributed by atoms with E-state index < -0.39 is 10.9 Å². The Kier molecular flexibility index (Phi) is 3.28. The molecule has 0 amide bonds. The Morgan fingerprint density at radius 2 is 2.16 bits per heavy atom. The zero-order valence-electron chi connectivity index (χ0n) is 10.1. The molecule has 0 atom stereocenters. The maximum atomic E-state index is 11.1. The van der Waals surface area contributed by atoms with Crippen molar-refractivity contribution < 1.29 is 14.8 Å². The lowest BCUT2D eigenvalue weighted by atomic mass is 10.1. The molecule has 7 nitrogen and oxygen atoms in total. The SMILES string of the molecule is Cc1cn(Cc2ccccc2C(=O)O)nc1[N+](=O)[O-]. The highest BCUT2D eigenvalue weighted by molar-refractivity contribution is 5.89. The number of carbonyl (C=O) groups is 1. The average Bonchev–Trinajstić information content (AvgIpc) is 2.71. The predicted octanol–water partition coefficient (Wildman–Crippen LogP) is 1.85. The molecule has 19 heavy (non-hydrogen) atoms. The molecule has 98 valence electrons. The van der Waals surface area contributed by atoms with Gasteiger partial charge in [0.1, 0.15) is 0 Å². The van der Waals surface area contributed by atoms with Crippen molar-refractivity contribution in [3.8, 4) is 0 Å². The minimum atomic E-state index is -1.03. The number of aromatic carboxylic acids is 1. The quantitative estimate of drug-likeness (QED) is 0.668. The Balaban J connectivity index is 2.34. The Morgan fingerprint density at radius 1 is 1.47 bits per heavy atom. The molecule has 0 saturated carbocycles. The summed E-state index contributed by atoms with van der Waals surface area (Å²) in [6.45, 7) is 1.77. The highest BCUT2D eigenvalue weighted by Crippen LogP contribution is 2.16. The van der Waals surface area contributed by atoms with Crippen LogP contribution in [0, 0.1) is 17.0 Å². The van der Waals surface area contributed by atoms with Crippen LogP contribution in [0.15, 0.2) is 30.5 Å². The highest BCUT2D eigenvalue weighted by Gasteiger charge is 2.18. The van der Waals surface area contributed by atoms with Crippen LogP contribution in [0.1, 0.15) is 21.5 Å². The molecule has 0 aliphatic rings. The molecule has 2 rings (SSSR count). The average molecular weight is 261 g/mol. The van der Waals surface area contributed by atoms with Crippen molar-refractivity contribution in [3.63, 3.8) is 0 Å². The first-order valence-electron chi connectivity index (χ1n) is 5.48. The molecule has 1 N–H and O–H groups in total. The fourth-order valence-electron chi connectivity index (χ4n) is 1.81. The maximum absolute atomic E-state index is 11.1. The first kappa shape index (κ1) is 12.7. The van der Waals surface area contributed by atoms with E-state index in [4.69, 9.17) is 5.11 Å². The summed E-state index contributed by atoms with van der Waals surface area (Å²) < 4.78 is 1.37. The first-order valence-corrected chi connectivity index (χ1v) is 5.48. The zero-order valence-corrected chi connectivity index (χ0v) is 10.1. The number of hydrogen-bond acceptors (Lipinski definition) is 4. The van der Waals surface area contributed by atoms with Crippen molar-refractivity contribution >= 4 is 11.8 Å². The van der Waals surface area contributed by atoms with Crippen LogP contribution in [0.25, 0.3) is 0 Å². The molecule has 1 aromatic heterocycles. The van der Waals surface area contributed by atoms with E-state index in [1.807, 2.05) is 0 Å². The number of nitro groups is 1. The molecule has 0 aliphatic carbocycles. The van der Waals surface area contributed by atoms with E-state index in [1.165, 1.54) is 16.9 Å². The van der Waals surface area contributed by atoms with Gasteiger partial charge in [-0.1, -0.05) is 18.2 Å². The molecule has 0 radical (unpaired) electrons. The molecule has 0 fully saturated rings. The highest BCUT2D eigenvalue weighted by atomic mass is 16.6. The van der Waals surface area contributed by atoms with Crippen molar-refractivity contribution in [2.45, 2.75) is 13.5 Å². The molecule has 0 unspecified atom stereocenters. The molecule has 0 spiro atoms. The second-order valence-corrected chi connectivity index (χ2v) is 4.05. The van der Waals surface area contributed by atoms with Crippen LogP contribution in [-0.4, -0.2) is 25.8 Å². The van der Waals surface area contributed by atoms with E-state index in [1.54, 1.807) is 25.1 Å². The lowest BCUT2D eigenvalue weighted by molar-refractivity contribution is -0.390. The van der Waals surface area contributed by atoms with Crippen molar-refractivity contribution in [2.24, 2.45) is 0 Å². The van der Waals surface area contributed by atoms with Crippen molar-refractivity contribution in [3.05, 3.63) is 57.3 Å². The molecule has 1 heterocycles. The molecular weight excluding hydrogens is 250 g/mol. The Hall–Kier alpha value is -2.70. The molecule has 1 aromatic carbocycles. The lowest BCUT2D eigenvalue weighted by Crippen LogP contribution is -2.07. The Bertz CT molecular complexity index is 648. The van der Waals surface area contributed by atoms with Gasteiger partial charge in [0, 0.05) is 0 Å². The van der Waals surface area contributed by atoms with E-state index in [0.29, 0.717) is 11.1 Å². The summed E-state index contributed by atoms with van der Waals surface area (Å²) in [4.78, 5) is 21.2. The van der Waals surface area contributed by atoms with E-state index in [9.17, 15) is 14.9 Å². The van der Waals surface area contributed by atoms with Gasteiger partial charge in [0.25, 0.3) is 0 Å². The van der Waals surface area contributed by atoms with E-state index in [0.717, 1.165) is 0 Å². The number of aryl methyl sites for hydroxylation is 1. The standard InChI is InChI=1S/C12H11N3O4/c1-8-6-14(13-11(8)15(18)19)7-9-4-2-3-5-10(9)12(16)17/h2-6H,7H2,1H3,(H,16,17). The van der Waals surface area contributed by atoms with Gasteiger partial charge >= 0.3 is 11.8 Å². The molecule has 0 aliphatic heterocycles. The summed E-state index contributed by atoms with van der Waals surface area (Å²) in [5, 5.41) is 23.6. The summed E-state index contributed by atoms with van der Waals surface area (Å²) in [5.74, 6) is -1.25. The summed E-state index contributed by atoms with van der Waals surface area (Å²) >= 11 is 0. The van der Waals surface area contributed by atoms with E-state index in [2.05, 4.69) is 5.10 Å². The van der Waals surface area contributed by atoms with Crippen molar-refractivity contribution in [1.29, 1.82) is 0 Å². The first-order chi connectivity index (χ1) is 8.99. The largest absolute Gasteiger partial charge is 0.478 e. The second kappa shape index (κ2) is 4.89. The molecule has 7 heteroatoms. The normalized spacial score (nSPS) is 10.4. The second-order valence-electron chi connectivity index (χ2n) is 4.05. The van der Waals surface area contributed by atoms with Gasteiger partial charge in [0.15, 0.2) is 0 Å². The van der Waals surface area contributed by atoms with Gasteiger partial charge in [-0.3, -0.25) is 0 Å².